The molecular formula is C32H52N2O2. The molecule has 5 rings (SSSR count). The van der Waals surface area contributed by atoms with Gasteiger partial charge in [-0.2, -0.15) is 0 Å². The van der Waals surface area contributed by atoms with Crippen molar-refractivity contribution >= 4 is 5.97 Å². The number of rotatable bonds is 5. The summed E-state index contributed by atoms with van der Waals surface area (Å²) in [5.74, 6) is 3.29. The minimum atomic E-state index is -0.129. The zero-order valence-corrected chi connectivity index (χ0v) is 24.1. The first-order valence-corrected chi connectivity index (χ1v) is 15.0. The summed E-state index contributed by atoms with van der Waals surface area (Å²) in [6, 6.07) is 0.875. The molecule has 1 heterocycles. The van der Waals surface area contributed by atoms with E-state index < -0.39 is 0 Å². The lowest BCUT2D eigenvalue weighted by Gasteiger charge is -2.59. The van der Waals surface area contributed by atoms with E-state index in [9.17, 15) is 4.79 Å². The van der Waals surface area contributed by atoms with Crippen molar-refractivity contribution in [2.24, 2.45) is 40.4 Å². The van der Waals surface area contributed by atoms with Crippen molar-refractivity contribution in [3.05, 3.63) is 22.8 Å². The van der Waals surface area contributed by atoms with Crippen LogP contribution < -0.4 is 10.6 Å². The maximum atomic E-state index is 12.0. The number of fused-ring (bicyclic) bond motifs is 5. The Morgan fingerprint density at radius 2 is 1.83 bits per heavy atom. The summed E-state index contributed by atoms with van der Waals surface area (Å²) < 4.78 is 6.01. The van der Waals surface area contributed by atoms with Gasteiger partial charge < -0.3 is 15.4 Å². The first kappa shape index (κ1) is 26.5. The van der Waals surface area contributed by atoms with E-state index in [1.54, 1.807) is 18.1 Å². The van der Waals surface area contributed by atoms with Crippen LogP contribution in [0.5, 0.6) is 0 Å². The third-order valence-electron chi connectivity index (χ3n) is 12.0. The molecule has 0 aromatic carbocycles. The number of allylic oxidation sites excluding steroid dienone is 3. The fraction of sp³-hybridized carbons (Fsp3) is 0.844. The number of ether oxygens (including phenoxy) is 1. The van der Waals surface area contributed by atoms with Crippen molar-refractivity contribution < 1.29 is 9.53 Å². The summed E-state index contributed by atoms with van der Waals surface area (Å²) in [6.45, 7) is 15.1. The van der Waals surface area contributed by atoms with Gasteiger partial charge in [0.2, 0.25) is 0 Å². The lowest BCUT2D eigenvalue weighted by Crippen LogP contribution is -2.58. The van der Waals surface area contributed by atoms with E-state index in [0.29, 0.717) is 23.3 Å². The highest BCUT2D eigenvalue weighted by atomic mass is 16.5. The second-order valence-corrected chi connectivity index (χ2v) is 13.9. The van der Waals surface area contributed by atoms with Gasteiger partial charge in [-0.25, -0.2) is 0 Å². The predicted octanol–water partition coefficient (Wildman–Crippen LogP) is 6.42. The summed E-state index contributed by atoms with van der Waals surface area (Å²) in [6.07, 6.45) is 14.0. The number of hydrogen-bond donors (Lipinski definition) is 2. The Morgan fingerprint density at radius 1 is 1.11 bits per heavy atom. The van der Waals surface area contributed by atoms with Crippen molar-refractivity contribution in [2.45, 2.75) is 118 Å². The maximum absolute atomic E-state index is 12.0. The van der Waals surface area contributed by atoms with Gasteiger partial charge in [-0.1, -0.05) is 43.6 Å². The molecule has 0 amide bonds. The van der Waals surface area contributed by atoms with E-state index in [1.165, 1.54) is 50.5 Å². The third-order valence-corrected chi connectivity index (χ3v) is 12.0. The normalized spacial score (nSPS) is 44.8. The van der Waals surface area contributed by atoms with Crippen molar-refractivity contribution in [1.29, 1.82) is 0 Å². The zero-order valence-electron chi connectivity index (χ0n) is 24.1. The van der Waals surface area contributed by atoms with Crippen LogP contribution in [0.15, 0.2) is 22.8 Å². The molecule has 4 nitrogen and oxygen atoms in total. The van der Waals surface area contributed by atoms with E-state index in [1.807, 2.05) is 7.05 Å². The lowest BCUT2D eigenvalue weighted by molar-refractivity contribution is -0.162. The number of likely N-dealkylation sites (N-methyl/N-ethyl adjacent to an activating group) is 1. The summed E-state index contributed by atoms with van der Waals surface area (Å²) in [5.41, 5.74) is 5.69. The van der Waals surface area contributed by atoms with Crippen LogP contribution in [0.3, 0.4) is 0 Å². The molecule has 10 atom stereocenters. The summed E-state index contributed by atoms with van der Waals surface area (Å²) in [4.78, 5) is 12.0. The van der Waals surface area contributed by atoms with Crippen LogP contribution >= 0.6 is 0 Å². The number of hydrogen-bond acceptors (Lipinski definition) is 4. The molecule has 2 N–H and O–H groups in total. The van der Waals surface area contributed by atoms with Gasteiger partial charge in [-0.15, -0.1) is 0 Å². The highest BCUT2D eigenvalue weighted by molar-refractivity contribution is 5.66. The van der Waals surface area contributed by atoms with Gasteiger partial charge in [0.05, 0.1) is 0 Å². The van der Waals surface area contributed by atoms with E-state index in [-0.39, 0.29) is 23.5 Å². The second-order valence-electron chi connectivity index (χ2n) is 13.9. The topological polar surface area (TPSA) is 50.4 Å². The number of nitrogens with one attached hydrogen (secondary N) is 2. The Labute approximate surface area is 220 Å². The van der Waals surface area contributed by atoms with Gasteiger partial charge in [0.1, 0.15) is 6.10 Å². The molecule has 3 saturated carbocycles. The molecule has 1 aliphatic heterocycles. The molecular weight excluding hydrogens is 444 g/mol. The Morgan fingerprint density at radius 3 is 2.53 bits per heavy atom. The Kier molecular flexibility index (Phi) is 7.26. The molecule has 0 aromatic heterocycles. The quantitative estimate of drug-likeness (QED) is 0.341. The van der Waals surface area contributed by atoms with E-state index >= 15 is 0 Å². The molecule has 5 aliphatic rings. The van der Waals surface area contributed by atoms with Crippen molar-refractivity contribution in [2.75, 3.05) is 13.6 Å². The monoisotopic (exact) mass is 496 g/mol. The second kappa shape index (κ2) is 9.88. The van der Waals surface area contributed by atoms with Crippen LogP contribution in [0.4, 0.5) is 0 Å². The molecule has 4 heteroatoms. The molecule has 0 spiro atoms. The van der Waals surface area contributed by atoms with Crippen LogP contribution in [0.1, 0.15) is 99.3 Å². The SMILES string of the molecule is CN[C@H]1CC[C@@]2(C)[C@@H]3CC[C@]4(C)[C@H](CC[C@H]4[C@@H](C)C[C@H]4NCCC4=C(C)C)C3=CC[C@@H]2[C@@H]1OC(C)=O. The smallest absolute Gasteiger partial charge is 0.302 e. The Balaban J connectivity index is 1.37. The summed E-state index contributed by atoms with van der Waals surface area (Å²) in [5, 5.41) is 7.30. The van der Waals surface area contributed by atoms with Crippen LogP contribution in [-0.4, -0.2) is 37.7 Å². The average Bonchev–Trinajstić information content (AvgIpc) is 3.42. The molecule has 4 aliphatic carbocycles. The van der Waals surface area contributed by atoms with Crippen LogP contribution in [-0.2, 0) is 9.53 Å². The van der Waals surface area contributed by atoms with Gasteiger partial charge in [0.25, 0.3) is 0 Å². The number of carbonyl (C=O) groups excluding carboxylic acids is 1. The molecule has 0 aromatic rings. The first-order valence-electron chi connectivity index (χ1n) is 15.0. The van der Waals surface area contributed by atoms with Crippen molar-refractivity contribution in [3.63, 3.8) is 0 Å². The van der Waals surface area contributed by atoms with Crippen molar-refractivity contribution in [3.8, 4) is 0 Å². The molecule has 0 unspecified atom stereocenters. The largest absolute Gasteiger partial charge is 0.461 e. The third kappa shape index (κ3) is 4.23. The van der Waals surface area contributed by atoms with Gasteiger partial charge in [0, 0.05) is 24.9 Å². The Hall–Kier alpha value is -1.13. The van der Waals surface area contributed by atoms with Crippen LogP contribution in [0.2, 0.25) is 0 Å². The molecule has 4 fully saturated rings. The molecule has 202 valence electrons. The highest BCUT2D eigenvalue weighted by Crippen LogP contribution is 2.67. The van der Waals surface area contributed by atoms with Gasteiger partial charge in [-0.05, 0) is 120 Å². The molecule has 36 heavy (non-hydrogen) atoms. The van der Waals surface area contributed by atoms with Gasteiger partial charge in [-0.3, -0.25) is 4.79 Å². The highest BCUT2D eigenvalue weighted by Gasteiger charge is 2.60. The number of carbonyl (C=O) groups is 1. The fourth-order valence-corrected chi connectivity index (χ4v) is 10.2. The van der Waals surface area contributed by atoms with Gasteiger partial charge in [0.15, 0.2) is 0 Å². The number of esters is 1. The standard InChI is InChI=1S/C32H52N2O2/c1-19(2)22-14-17-34-29(22)18-20(3)24-10-11-25-23-8-9-27-30(36-21(4)35)28(33-7)13-16-32(27,6)26(23)12-15-31(24,25)5/h8,20,24-30,33-34H,9-18H2,1-7H3/t20-,24-,25+,26+,27+,28-,29+,30-,31-,32-/m0/s1. The van der Waals surface area contributed by atoms with E-state index in [4.69, 9.17) is 4.74 Å². The van der Waals surface area contributed by atoms with Crippen molar-refractivity contribution in [1.82, 2.24) is 10.6 Å². The van der Waals surface area contributed by atoms with Crippen LogP contribution in [0.25, 0.3) is 0 Å². The minimum Gasteiger partial charge on any atom is -0.461 e. The summed E-state index contributed by atoms with van der Waals surface area (Å²) >= 11 is 0. The predicted molar refractivity (Wildman–Crippen MR) is 148 cm³/mol. The van der Waals surface area contributed by atoms with E-state index in [0.717, 1.165) is 37.1 Å². The zero-order chi connectivity index (χ0) is 25.8. The lowest BCUT2D eigenvalue weighted by atomic mass is 9.47. The molecule has 0 radical (unpaired) electrons. The van der Waals surface area contributed by atoms with E-state index in [2.05, 4.69) is 51.3 Å². The minimum absolute atomic E-state index is 0.00288. The van der Waals surface area contributed by atoms with Gasteiger partial charge >= 0.3 is 5.97 Å². The molecule has 1 saturated heterocycles. The fourth-order valence-electron chi connectivity index (χ4n) is 10.2. The van der Waals surface area contributed by atoms with Crippen LogP contribution in [0, 0.1) is 40.4 Å². The maximum Gasteiger partial charge on any atom is 0.302 e. The molecule has 0 bridgehead atoms. The Bertz CT molecular complexity index is 919. The first-order chi connectivity index (χ1) is 17.1. The summed E-state index contributed by atoms with van der Waals surface area (Å²) in [7, 11) is 2.03. The average molecular weight is 497 g/mol.